The van der Waals surface area contributed by atoms with Crippen LogP contribution in [-0.4, -0.2) is 42.5 Å². The number of amides is 4. The number of urea groups is 1. The van der Waals surface area contributed by atoms with Crippen molar-refractivity contribution in [3.8, 4) is 11.5 Å². The first-order valence-electron chi connectivity index (χ1n) is 9.57. The minimum absolute atomic E-state index is 0.173. The van der Waals surface area contributed by atoms with Crippen molar-refractivity contribution in [2.75, 3.05) is 25.1 Å². The molecule has 0 unspecified atom stereocenters. The Kier molecular flexibility index (Phi) is 5.68. The summed E-state index contributed by atoms with van der Waals surface area (Å²) >= 11 is 12.0. The van der Waals surface area contributed by atoms with E-state index in [4.69, 9.17) is 32.7 Å². The number of hydrogen-bond donors (Lipinski definition) is 2. The molecule has 1 saturated heterocycles. The summed E-state index contributed by atoms with van der Waals surface area (Å²) in [5.74, 6) is -0.0590. The summed E-state index contributed by atoms with van der Waals surface area (Å²) in [5.41, 5.74) is -0.539. The molecule has 4 rings (SSSR count). The molecule has 0 saturated carbocycles. The second-order valence-corrected chi connectivity index (χ2v) is 8.09. The van der Waals surface area contributed by atoms with Crippen LogP contribution in [0.5, 0.6) is 11.5 Å². The lowest BCUT2D eigenvalue weighted by molar-refractivity contribution is -0.133. The fourth-order valence-corrected chi connectivity index (χ4v) is 3.79. The molecule has 2 N–H and O–H groups in total. The number of nitrogens with zero attached hydrogens (tertiary/aromatic N) is 1. The highest BCUT2D eigenvalue weighted by Gasteiger charge is 2.49. The van der Waals surface area contributed by atoms with Gasteiger partial charge in [0.2, 0.25) is 5.91 Å². The Morgan fingerprint density at radius 1 is 1.16 bits per heavy atom. The monoisotopic (exact) mass is 463 g/mol. The fraction of sp³-hybridized carbons (Fsp3) is 0.286. The molecule has 0 radical (unpaired) electrons. The third-order valence-corrected chi connectivity index (χ3v) is 5.95. The van der Waals surface area contributed by atoms with Gasteiger partial charge in [0.05, 0.1) is 28.9 Å². The molecule has 10 heteroatoms. The number of nitrogens with one attached hydrogen (secondary N) is 2. The molecule has 0 bridgehead atoms. The zero-order valence-electron chi connectivity index (χ0n) is 16.5. The van der Waals surface area contributed by atoms with Crippen molar-refractivity contribution < 1.29 is 23.9 Å². The summed E-state index contributed by atoms with van der Waals surface area (Å²) in [6.45, 7) is 2.14. The van der Waals surface area contributed by atoms with Gasteiger partial charge in [0.15, 0.2) is 11.5 Å². The van der Waals surface area contributed by atoms with Crippen LogP contribution in [0.25, 0.3) is 0 Å². The van der Waals surface area contributed by atoms with Gasteiger partial charge in [-0.2, -0.15) is 0 Å². The first kappa shape index (κ1) is 21.3. The summed E-state index contributed by atoms with van der Waals surface area (Å²) in [6, 6.07) is 9.18. The third-order valence-electron chi connectivity index (χ3n) is 5.13. The Morgan fingerprint density at radius 3 is 2.68 bits per heavy atom. The molecule has 0 aliphatic carbocycles. The first-order valence-corrected chi connectivity index (χ1v) is 10.3. The molecule has 2 aliphatic heterocycles. The zero-order chi connectivity index (χ0) is 22.2. The van der Waals surface area contributed by atoms with Gasteiger partial charge in [0.1, 0.15) is 12.1 Å². The number of ether oxygens (including phenoxy) is 2. The predicted molar refractivity (Wildman–Crippen MR) is 115 cm³/mol. The Labute approximate surface area is 188 Å². The average Bonchev–Trinajstić information content (AvgIpc) is 2.91. The van der Waals surface area contributed by atoms with Crippen molar-refractivity contribution in [3.05, 3.63) is 52.0 Å². The summed E-state index contributed by atoms with van der Waals surface area (Å²) in [6.07, 6.45) is 0.747. The Hall–Kier alpha value is -2.97. The molecule has 0 spiro atoms. The number of rotatable bonds is 4. The van der Waals surface area contributed by atoms with Crippen LogP contribution >= 0.6 is 23.2 Å². The van der Waals surface area contributed by atoms with Crippen molar-refractivity contribution in [3.63, 3.8) is 0 Å². The minimum atomic E-state index is -1.35. The minimum Gasteiger partial charge on any atom is -0.490 e. The van der Waals surface area contributed by atoms with Gasteiger partial charge in [0, 0.05) is 6.42 Å². The molecule has 31 heavy (non-hydrogen) atoms. The lowest BCUT2D eigenvalue weighted by atomic mass is 9.91. The van der Waals surface area contributed by atoms with Crippen LogP contribution in [0.4, 0.5) is 10.5 Å². The van der Waals surface area contributed by atoms with E-state index in [0.29, 0.717) is 30.3 Å². The van der Waals surface area contributed by atoms with Gasteiger partial charge in [-0.05, 0) is 36.8 Å². The Bertz CT molecular complexity index is 1080. The van der Waals surface area contributed by atoms with E-state index < -0.39 is 29.9 Å². The van der Waals surface area contributed by atoms with Crippen molar-refractivity contribution >= 4 is 46.7 Å². The number of carbonyl (C=O) groups is 3. The fourth-order valence-electron chi connectivity index (χ4n) is 3.44. The van der Waals surface area contributed by atoms with E-state index >= 15 is 0 Å². The van der Waals surface area contributed by atoms with E-state index in [1.54, 1.807) is 43.3 Å². The summed E-state index contributed by atoms with van der Waals surface area (Å²) in [5, 5.41) is 5.69. The van der Waals surface area contributed by atoms with Crippen LogP contribution in [0, 0.1) is 0 Å². The van der Waals surface area contributed by atoms with Crippen molar-refractivity contribution in [1.29, 1.82) is 0 Å². The summed E-state index contributed by atoms with van der Waals surface area (Å²) < 4.78 is 11.3. The number of carbonyl (C=O) groups excluding carboxylic acids is 3. The molecule has 0 aromatic heterocycles. The lowest BCUT2D eigenvalue weighted by Crippen LogP contribution is -2.42. The largest absolute Gasteiger partial charge is 0.490 e. The van der Waals surface area contributed by atoms with Gasteiger partial charge >= 0.3 is 6.03 Å². The number of halogens is 2. The zero-order valence-corrected chi connectivity index (χ0v) is 18.0. The van der Waals surface area contributed by atoms with E-state index in [2.05, 4.69) is 10.6 Å². The van der Waals surface area contributed by atoms with Gasteiger partial charge in [-0.25, -0.2) is 4.79 Å². The maximum atomic E-state index is 13.1. The van der Waals surface area contributed by atoms with Gasteiger partial charge in [0.25, 0.3) is 5.91 Å². The van der Waals surface area contributed by atoms with E-state index in [9.17, 15) is 14.4 Å². The first-order chi connectivity index (χ1) is 14.8. The highest BCUT2D eigenvalue weighted by atomic mass is 35.5. The standard InChI is InChI=1S/C21H19Cl2N3O5/c1-21(12-6-7-15-16(10-12)31-9-3-8-30-15)19(28)26(20(29)25-21)11-17(27)24-14-5-2-4-13(22)18(14)23/h2,4-7,10H,3,8-9,11H2,1H3,(H,24,27)(H,25,29)/t21-/m1/s1. The summed E-state index contributed by atoms with van der Waals surface area (Å²) in [4.78, 5) is 39.0. The van der Waals surface area contributed by atoms with Crippen LogP contribution < -0.4 is 20.1 Å². The van der Waals surface area contributed by atoms with E-state index in [0.717, 1.165) is 11.3 Å². The molecule has 8 nitrogen and oxygen atoms in total. The number of anilines is 1. The molecule has 1 fully saturated rings. The van der Waals surface area contributed by atoms with Crippen LogP contribution in [0.3, 0.4) is 0 Å². The quantitative estimate of drug-likeness (QED) is 0.675. The van der Waals surface area contributed by atoms with Crippen molar-refractivity contribution in [2.24, 2.45) is 0 Å². The number of benzene rings is 2. The highest BCUT2D eigenvalue weighted by molar-refractivity contribution is 6.44. The van der Waals surface area contributed by atoms with Crippen LogP contribution in [0.2, 0.25) is 10.0 Å². The second-order valence-electron chi connectivity index (χ2n) is 7.31. The molecule has 2 heterocycles. The number of imide groups is 1. The number of hydrogen-bond acceptors (Lipinski definition) is 5. The van der Waals surface area contributed by atoms with E-state index in [-0.39, 0.29) is 15.7 Å². The van der Waals surface area contributed by atoms with Gasteiger partial charge < -0.3 is 20.1 Å². The smallest absolute Gasteiger partial charge is 0.325 e. The second kappa shape index (κ2) is 8.28. The highest BCUT2D eigenvalue weighted by Crippen LogP contribution is 2.36. The normalized spacial score (nSPS) is 20.3. The lowest BCUT2D eigenvalue weighted by Gasteiger charge is -2.23. The molecule has 2 aromatic rings. The summed E-state index contributed by atoms with van der Waals surface area (Å²) in [7, 11) is 0. The van der Waals surface area contributed by atoms with Crippen molar-refractivity contribution in [2.45, 2.75) is 18.9 Å². The van der Waals surface area contributed by atoms with Gasteiger partial charge in [-0.15, -0.1) is 0 Å². The SMILES string of the molecule is C[C@]1(c2ccc3c(c2)OCCCO3)NC(=O)N(CC(=O)Nc2cccc(Cl)c2Cl)C1=O. The van der Waals surface area contributed by atoms with Crippen LogP contribution in [-0.2, 0) is 15.1 Å². The van der Waals surface area contributed by atoms with Crippen molar-refractivity contribution in [1.82, 2.24) is 10.2 Å². The third kappa shape index (κ3) is 4.00. The molecule has 162 valence electrons. The van der Waals surface area contributed by atoms with Crippen LogP contribution in [0.15, 0.2) is 36.4 Å². The Balaban J connectivity index is 1.52. The van der Waals surface area contributed by atoms with E-state index in [1.807, 2.05) is 0 Å². The topological polar surface area (TPSA) is 97.0 Å². The van der Waals surface area contributed by atoms with Crippen LogP contribution in [0.1, 0.15) is 18.9 Å². The van der Waals surface area contributed by atoms with Gasteiger partial charge in [-0.1, -0.05) is 35.3 Å². The molecule has 4 amide bonds. The van der Waals surface area contributed by atoms with Gasteiger partial charge in [-0.3, -0.25) is 14.5 Å². The Morgan fingerprint density at radius 2 is 1.90 bits per heavy atom. The molecule has 2 aliphatic rings. The maximum absolute atomic E-state index is 13.1. The van der Waals surface area contributed by atoms with E-state index in [1.165, 1.54) is 0 Å². The average molecular weight is 464 g/mol. The predicted octanol–water partition coefficient (Wildman–Crippen LogP) is 3.56. The maximum Gasteiger partial charge on any atom is 0.325 e. The molecule has 2 aromatic carbocycles. The molecular weight excluding hydrogens is 445 g/mol. The molecular formula is C21H19Cl2N3O5. The number of fused-ring (bicyclic) bond motifs is 1. The molecule has 1 atom stereocenters.